The maximum atomic E-state index is 6.24. The third kappa shape index (κ3) is 2.49. The molecule has 2 unspecified atom stereocenters. The summed E-state index contributed by atoms with van der Waals surface area (Å²) in [6.07, 6.45) is 2.02. The van der Waals surface area contributed by atoms with Crippen LogP contribution in [0, 0.1) is 6.92 Å². The molecular formula is C17H19NO. The Balaban J connectivity index is 1.95. The van der Waals surface area contributed by atoms with Crippen LogP contribution in [0.1, 0.15) is 41.7 Å². The first-order chi connectivity index (χ1) is 9.24. The fourth-order valence-corrected chi connectivity index (χ4v) is 2.70. The minimum absolute atomic E-state index is 0.0750. The van der Waals surface area contributed by atoms with Gasteiger partial charge < -0.3 is 10.5 Å². The zero-order chi connectivity index (χ0) is 13.2. The van der Waals surface area contributed by atoms with Crippen molar-refractivity contribution in [3.05, 3.63) is 65.2 Å². The lowest BCUT2D eigenvalue weighted by Crippen LogP contribution is -2.09. The number of rotatable bonds is 1. The molecule has 2 heteroatoms. The lowest BCUT2D eigenvalue weighted by molar-refractivity contribution is 0.199. The monoisotopic (exact) mass is 253 g/mol. The molecule has 19 heavy (non-hydrogen) atoms. The maximum Gasteiger partial charge on any atom is 0.125 e. The van der Waals surface area contributed by atoms with Crippen LogP contribution in [-0.4, -0.2) is 0 Å². The van der Waals surface area contributed by atoms with Gasteiger partial charge in [0.2, 0.25) is 0 Å². The van der Waals surface area contributed by atoms with Gasteiger partial charge in [0, 0.05) is 11.6 Å². The highest BCUT2D eigenvalue weighted by Gasteiger charge is 2.23. The summed E-state index contributed by atoms with van der Waals surface area (Å²) < 4.78 is 6.19. The second kappa shape index (κ2) is 5.06. The van der Waals surface area contributed by atoms with Gasteiger partial charge >= 0.3 is 0 Å². The van der Waals surface area contributed by atoms with Crippen LogP contribution in [0.25, 0.3) is 0 Å². The lowest BCUT2D eigenvalue weighted by atomic mass is 9.99. The SMILES string of the molecule is Cc1cccc(C2CCC(N)c3ccccc3O2)c1. The van der Waals surface area contributed by atoms with E-state index in [-0.39, 0.29) is 12.1 Å². The average molecular weight is 253 g/mol. The molecule has 0 amide bonds. The Labute approximate surface area is 114 Å². The van der Waals surface area contributed by atoms with Crippen molar-refractivity contribution in [3.8, 4) is 5.75 Å². The maximum absolute atomic E-state index is 6.24. The highest BCUT2D eigenvalue weighted by atomic mass is 16.5. The van der Waals surface area contributed by atoms with E-state index in [1.807, 2.05) is 18.2 Å². The molecule has 1 heterocycles. The molecule has 0 aromatic heterocycles. The van der Waals surface area contributed by atoms with Crippen LogP contribution in [-0.2, 0) is 0 Å². The van der Waals surface area contributed by atoms with Crippen LogP contribution in [0.3, 0.4) is 0 Å². The Kier molecular flexibility index (Phi) is 3.26. The fraction of sp³-hybridized carbons (Fsp3) is 0.294. The summed E-state index contributed by atoms with van der Waals surface area (Å²) in [6.45, 7) is 2.11. The second-order valence-electron chi connectivity index (χ2n) is 5.24. The van der Waals surface area contributed by atoms with Crippen molar-refractivity contribution in [2.75, 3.05) is 0 Å². The molecule has 1 aliphatic heterocycles. The summed E-state index contributed by atoms with van der Waals surface area (Å²) in [6, 6.07) is 16.7. The second-order valence-corrected chi connectivity index (χ2v) is 5.24. The molecule has 2 aromatic rings. The highest BCUT2D eigenvalue weighted by molar-refractivity contribution is 5.37. The molecule has 2 atom stereocenters. The van der Waals surface area contributed by atoms with E-state index in [0.717, 1.165) is 24.2 Å². The molecule has 2 aromatic carbocycles. The summed E-state index contributed by atoms with van der Waals surface area (Å²) in [4.78, 5) is 0. The van der Waals surface area contributed by atoms with Gasteiger partial charge in [0.15, 0.2) is 0 Å². The van der Waals surface area contributed by atoms with E-state index in [1.165, 1.54) is 11.1 Å². The summed E-state index contributed by atoms with van der Waals surface area (Å²) in [5.41, 5.74) is 9.87. The van der Waals surface area contributed by atoms with Crippen molar-refractivity contribution in [3.63, 3.8) is 0 Å². The van der Waals surface area contributed by atoms with E-state index < -0.39 is 0 Å². The van der Waals surface area contributed by atoms with Gasteiger partial charge in [0.1, 0.15) is 11.9 Å². The van der Waals surface area contributed by atoms with Gasteiger partial charge in [-0.15, -0.1) is 0 Å². The first-order valence-electron chi connectivity index (χ1n) is 6.82. The van der Waals surface area contributed by atoms with E-state index in [4.69, 9.17) is 10.5 Å². The molecule has 0 saturated carbocycles. The van der Waals surface area contributed by atoms with Gasteiger partial charge in [-0.25, -0.2) is 0 Å². The minimum atomic E-state index is 0.0750. The number of ether oxygens (including phenoxy) is 1. The first-order valence-corrected chi connectivity index (χ1v) is 6.82. The Morgan fingerprint density at radius 2 is 1.89 bits per heavy atom. The summed E-state index contributed by atoms with van der Waals surface area (Å²) in [7, 11) is 0. The molecule has 0 bridgehead atoms. The van der Waals surface area contributed by atoms with Crippen LogP contribution in [0.2, 0.25) is 0 Å². The Morgan fingerprint density at radius 1 is 1.05 bits per heavy atom. The van der Waals surface area contributed by atoms with Crippen LogP contribution in [0.4, 0.5) is 0 Å². The van der Waals surface area contributed by atoms with Gasteiger partial charge in [0.05, 0.1) is 0 Å². The third-order valence-corrected chi connectivity index (χ3v) is 3.74. The molecule has 98 valence electrons. The quantitative estimate of drug-likeness (QED) is 0.836. The van der Waals surface area contributed by atoms with Crippen LogP contribution >= 0.6 is 0 Å². The number of para-hydroxylation sites is 1. The van der Waals surface area contributed by atoms with Crippen molar-refractivity contribution in [2.45, 2.75) is 31.9 Å². The van der Waals surface area contributed by atoms with Crippen molar-refractivity contribution in [2.24, 2.45) is 5.73 Å². The first kappa shape index (κ1) is 12.2. The Morgan fingerprint density at radius 3 is 2.74 bits per heavy atom. The normalized spacial score (nSPS) is 22.2. The van der Waals surface area contributed by atoms with E-state index in [9.17, 15) is 0 Å². The number of fused-ring (bicyclic) bond motifs is 1. The van der Waals surface area contributed by atoms with Gasteiger partial charge in [-0.3, -0.25) is 0 Å². The predicted molar refractivity (Wildman–Crippen MR) is 77.2 cm³/mol. The van der Waals surface area contributed by atoms with Crippen LogP contribution in [0.5, 0.6) is 5.75 Å². The topological polar surface area (TPSA) is 35.2 Å². The van der Waals surface area contributed by atoms with Crippen molar-refractivity contribution >= 4 is 0 Å². The van der Waals surface area contributed by atoms with Gasteiger partial charge in [-0.2, -0.15) is 0 Å². The van der Waals surface area contributed by atoms with Gasteiger partial charge in [0.25, 0.3) is 0 Å². The number of benzene rings is 2. The smallest absolute Gasteiger partial charge is 0.125 e. The molecular weight excluding hydrogens is 234 g/mol. The molecule has 2 nitrogen and oxygen atoms in total. The summed E-state index contributed by atoms with van der Waals surface area (Å²) >= 11 is 0. The van der Waals surface area contributed by atoms with E-state index >= 15 is 0 Å². The van der Waals surface area contributed by atoms with Gasteiger partial charge in [-0.1, -0.05) is 48.0 Å². The Hall–Kier alpha value is -1.80. The molecule has 0 radical (unpaired) electrons. The molecule has 1 aliphatic rings. The number of nitrogens with two attached hydrogens (primary N) is 1. The van der Waals surface area contributed by atoms with Crippen molar-refractivity contribution in [1.82, 2.24) is 0 Å². The summed E-state index contributed by atoms with van der Waals surface area (Å²) in [5, 5.41) is 0. The summed E-state index contributed by atoms with van der Waals surface area (Å²) in [5.74, 6) is 0.930. The fourth-order valence-electron chi connectivity index (χ4n) is 2.70. The molecule has 0 saturated heterocycles. The van der Waals surface area contributed by atoms with Crippen molar-refractivity contribution < 1.29 is 4.74 Å². The van der Waals surface area contributed by atoms with E-state index in [0.29, 0.717) is 0 Å². The largest absolute Gasteiger partial charge is 0.485 e. The predicted octanol–water partition coefficient (Wildman–Crippen LogP) is 3.91. The standard InChI is InChI=1S/C17H19NO/c1-12-5-4-6-13(11-12)16-10-9-15(18)14-7-2-3-8-17(14)19-16/h2-8,11,15-16H,9-10,18H2,1H3. The molecule has 0 fully saturated rings. The number of aryl methyl sites for hydroxylation is 1. The number of hydrogen-bond acceptors (Lipinski definition) is 2. The molecule has 0 spiro atoms. The minimum Gasteiger partial charge on any atom is -0.485 e. The zero-order valence-electron chi connectivity index (χ0n) is 11.2. The Bertz CT molecular complexity index is 579. The van der Waals surface area contributed by atoms with Crippen LogP contribution < -0.4 is 10.5 Å². The highest BCUT2D eigenvalue weighted by Crippen LogP contribution is 2.37. The molecule has 0 aliphatic carbocycles. The molecule has 3 rings (SSSR count). The third-order valence-electron chi connectivity index (χ3n) is 3.74. The van der Waals surface area contributed by atoms with Gasteiger partial charge in [-0.05, 0) is 31.4 Å². The molecule has 2 N–H and O–H groups in total. The van der Waals surface area contributed by atoms with E-state index in [2.05, 4.69) is 37.3 Å². The number of hydrogen-bond donors (Lipinski definition) is 1. The lowest BCUT2D eigenvalue weighted by Gasteiger charge is -2.18. The van der Waals surface area contributed by atoms with Crippen molar-refractivity contribution in [1.29, 1.82) is 0 Å². The van der Waals surface area contributed by atoms with E-state index in [1.54, 1.807) is 0 Å². The van der Waals surface area contributed by atoms with Crippen LogP contribution in [0.15, 0.2) is 48.5 Å². The average Bonchev–Trinajstić information content (AvgIpc) is 2.59. The zero-order valence-corrected chi connectivity index (χ0v) is 11.2.